The number of nitrogens with one attached hydrogen (secondary N) is 1. The minimum Gasteiger partial charge on any atom is -0.318 e. The van der Waals surface area contributed by atoms with Crippen molar-refractivity contribution in [1.82, 2.24) is 20.0 Å². The van der Waals surface area contributed by atoms with Crippen LogP contribution in [0.4, 0.5) is 4.39 Å². The fourth-order valence-corrected chi connectivity index (χ4v) is 3.04. The van der Waals surface area contributed by atoms with E-state index >= 15 is 0 Å². The second-order valence-corrected chi connectivity index (χ2v) is 5.53. The quantitative estimate of drug-likeness (QED) is 0.918. The SMILES string of the molecule is CNCC1CCCN1Cc1ccnn1-c1ccc(F)cc1.Cl. The van der Waals surface area contributed by atoms with Crippen molar-refractivity contribution >= 4 is 12.4 Å². The van der Waals surface area contributed by atoms with E-state index in [0.29, 0.717) is 6.04 Å². The predicted octanol–water partition coefficient (Wildman–Crippen LogP) is 2.62. The lowest BCUT2D eigenvalue weighted by molar-refractivity contribution is 0.237. The van der Waals surface area contributed by atoms with Crippen molar-refractivity contribution in [3.63, 3.8) is 0 Å². The van der Waals surface area contributed by atoms with Crippen LogP contribution in [0.3, 0.4) is 0 Å². The molecule has 2 aromatic rings. The zero-order valence-electron chi connectivity index (χ0n) is 12.7. The van der Waals surface area contributed by atoms with Crippen molar-refractivity contribution in [2.45, 2.75) is 25.4 Å². The Morgan fingerprint density at radius 1 is 1.27 bits per heavy atom. The molecule has 0 bridgehead atoms. The third kappa shape index (κ3) is 3.66. The lowest BCUT2D eigenvalue weighted by atomic mass is 10.2. The maximum Gasteiger partial charge on any atom is 0.123 e. The van der Waals surface area contributed by atoms with Crippen LogP contribution in [0.1, 0.15) is 18.5 Å². The summed E-state index contributed by atoms with van der Waals surface area (Å²) in [5, 5.41) is 7.65. The molecule has 1 fully saturated rings. The molecule has 2 heterocycles. The summed E-state index contributed by atoms with van der Waals surface area (Å²) in [6.45, 7) is 3.02. The molecule has 22 heavy (non-hydrogen) atoms. The topological polar surface area (TPSA) is 33.1 Å². The Labute approximate surface area is 136 Å². The van der Waals surface area contributed by atoms with Crippen LogP contribution in [0.5, 0.6) is 0 Å². The molecule has 0 aliphatic carbocycles. The van der Waals surface area contributed by atoms with Gasteiger partial charge in [-0.3, -0.25) is 4.90 Å². The molecular formula is C16H22ClFN4. The Bertz CT molecular complexity index is 584. The van der Waals surface area contributed by atoms with E-state index in [0.717, 1.165) is 31.0 Å². The van der Waals surface area contributed by atoms with Gasteiger partial charge in [0.1, 0.15) is 5.82 Å². The Kier molecular flexibility index (Phi) is 5.94. The van der Waals surface area contributed by atoms with Crippen LogP contribution in [0, 0.1) is 5.82 Å². The monoisotopic (exact) mass is 324 g/mol. The van der Waals surface area contributed by atoms with Gasteiger partial charge in [0.15, 0.2) is 0 Å². The van der Waals surface area contributed by atoms with E-state index in [1.807, 2.05) is 24.0 Å². The maximum absolute atomic E-state index is 13.0. The number of halogens is 2. The summed E-state index contributed by atoms with van der Waals surface area (Å²) in [7, 11) is 2.00. The summed E-state index contributed by atoms with van der Waals surface area (Å²) >= 11 is 0. The molecule has 0 spiro atoms. The number of hydrogen-bond acceptors (Lipinski definition) is 3. The maximum atomic E-state index is 13.0. The van der Waals surface area contributed by atoms with E-state index < -0.39 is 0 Å². The first-order valence-electron chi connectivity index (χ1n) is 7.45. The van der Waals surface area contributed by atoms with Gasteiger partial charge in [0.25, 0.3) is 0 Å². The van der Waals surface area contributed by atoms with Crippen LogP contribution in [-0.4, -0.2) is 40.9 Å². The highest BCUT2D eigenvalue weighted by Gasteiger charge is 2.24. The Balaban J connectivity index is 0.00000176. The van der Waals surface area contributed by atoms with E-state index in [1.54, 1.807) is 12.1 Å². The summed E-state index contributed by atoms with van der Waals surface area (Å²) < 4.78 is 14.9. The Morgan fingerprint density at radius 3 is 2.77 bits per heavy atom. The molecule has 1 unspecified atom stereocenters. The van der Waals surface area contributed by atoms with Gasteiger partial charge in [-0.05, 0) is 56.8 Å². The predicted molar refractivity (Wildman–Crippen MR) is 88.1 cm³/mol. The fraction of sp³-hybridized carbons (Fsp3) is 0.438. The number of likely N-dealkylation sites (N-methyl/N-ethyl adjacent to an activating group) is 1. The third-order valence-electron chi connectivity index (χ3n) is 4.10. The van der Waals surface area contributed by atoms with Gasteiger partial charge < -0.3 is 5.32 Å². The number of hydrogen-bond donors (Lipinski definition) is 1. The first-order valence-corrected chi connectivity index (χ1v) is 7.45. The minimum atomic E-state index is -0.221. The lowest BCUT2D eigenvalue weighted by Crippen LogP contribution is -2.36. The van der Waals surface area contributed by atoms with Gasteiger partial charge in [-0.15, -0.1) is 12.4 Å². The molecule has 1 atom stereocenters. The third-order valence-corrected chi connectivity index (χ3v) is 4.10. The number of likely N-dealkylation sites (tertiary alicyclic amines) is 1. The Hall–Kier alpha value is -1.43. The number of rotatable bonds is 5. The second-order valence-electron chi connectivity index (χ2n) is 5.53. The van der Waals surface area contributed by atoms with Crippen LogP contribution in [0.15, 0.2) is 36.5 Å². The van der Waals surface area contributed by atoms with Crippen molar-refractivity contribution in [3.8, 4) is 5.69 Å². The van der Waals surface area contributed by atoms with Crippen LogP contribution >= 0.6 is 12.4 Å². The molecule has 120 valence electrons. The second kappa shape index (κ2) is 7.72. The normalized spacial score (nSPS) is 18.4. The van der Waals surface area contributed by atoms with Gasteiger partial charge in [0.05, 0.1) is 11.4 Å². The van der Waals surface area contributed by atoms with Crippen molar-refractivity contribution in [3.05, 3.63) is 48.0 Å². The average molecular weight is 325 g/mol. The van der Waals surface area contributed by atoms with Crippen LogP contribution in [0.2, 0.25) is 0 Å². The molecule has 1 aliphatic rings. The van der Waals surface area contributed by atoms with Gasteiger partial charge in [0, 0.05) is 25.3 Å². The largest absolute Gasteiger partial charge is 0.318 e. The molecule has 0 amide bonds. The molecule has 1 aromatic carbocycles. The standard InChI is InChI=1S/C16H21FN4.ClH/c1-18-11-15-3-2-10-20(15)12-16-8-9-19-21(16)14-6-4-13(17)5-7-14;/h4-9,15,18H,2-3,10-12H2,1H3;1H. The molecule has 0 radical (unpaired) electrons. The first kappa shape index (κ1) is 16.9. The zero-order chi connectivity index (χ0) is 14.7. The van der Waals surface area contributed by atoms with Crippen molar-refractivity contribution in [1.29, 1.82) is 0 Å². The highest BCUT2D eigenvalue weighted by atomic mass is 35.5. The lowest BCUT2D eigenvalue weighted by Gasteiger charge is -2.24. The minimum absolute atomic E-state index is 0. The summed E-state index contributed by atoms with van der Waals surface area (Å²) in [6, 6.07) is 9.10. The Morgan fingerprint density at radius 2 is 2.05 bits per heavy atom. The number of benzene rings is 1. The van der Waals surface area contributed by atoms with E-state index in [-0.39, 0.29) is 18.2 Å². The number of nitrogens with zero attached hydrogens (tertiary/aromatic N) is 3. The molecule has 1 aliphatic heterocycles. The van der Waals surface area contributed by atoms with E-state index in [2.05, 4.69) is 15.3 Å². The van der Waals surface area contributed by atoms with E-state index in [4.69, 9.17) is 0 Å². The van der Waals surface area contributed by atoms with E-state index in [1.165, 1.54) is 25.0 Å². The van der Waals surface area contributed by atoms with Crippen LogP contribution in [-0.2, 0) is 6.54 Å². The number of aromatic nitrogens is 2. The van der Waals surface area contributed by atoms with Crippen molar-refractivity contribution in [2.24, 2.45) is 0 Å². The molecule has 3 rings (SSSR count). The fourth-order valence-electron chi connectivity index (χ4n) is 3.04. The van der Waals surface area contributed by atoms with Gasteiger partial charge in [-0.25, -0.2) is 9.07 Å². The van der Waals surface area contributed by atoms with Crippen LogP contribution in [0.25, 0.3) is 5.69 Å². The summed E-state index contributed by atoms with van der Waals surface area (Å²) in [5.74, 6) is -0.221. The van der Waals surface area contributed by atoms with Gasteiger partial charge >= 0.3 is 0 Å². The van der Waals surface area contributed by atoms with E-state index in [9.17, 15) is 4.39 Å². The smallest absolute Gasteiger partial charge is 0.123 e. The molecule has 1 N–H and O–H groups in total. The molecule has 1 aromatic heterocycles. The van der Waals surface area contributed by atoms with Crippen molar-refractivity contribution in [2.75, 3.05) is 20.1 Å². The first-order chi connectivity index (χ1) is 10.3. The molecular weight excluding hydrogens is 303 g/mol. The average Bonchev–Trinajstić information content (AvgIpc) is 3.11. The highest BCUT2D eigenvalue weighted by Crippen LogP contribution is 2.21. The zero-order valence-corrected chi connectivity index (χ0v) is 13.5. The van der Waals surface area contributed by atoms with Crippen molar-refractivity contribution < 1.29 is 4.39 Å². The molecule has 4 nitrogen and oxygen atoms in total. The highest BCUT2D eigenvalue weighted by molar-refractivity contribution is 5.85. The van der Waals surface area contributed by atoms with Gasteiger partial charge in [-0.2, -0.15) is 5.10 Å². The van der Waals surface area contributed by atoms with Gasteiger partial charge in [0.2, 0.25) is 0 Å². The summed E-state index contributed by atoms with van der Waals surface area (Å²) in [4.78, 5) is 2.49. The van der Waals surface area contributed by atoms with Crippen LogP contribution < -0.4 is 5.32 Å². The summed E-state index contributed by atoms with van der Waals surface area (Å²) in [6.07, 6.45) is 4.30. The molecule has 1 saturated heterocycles. The molecule has 0 saturated carbocycles. The summed E-state index contributed by atoms with van der Waals surface area (Å²) in [5.41, 5.74) is 2.05. The van der Waals surface area contributed by atoms with Gasteiger partial charge in [-0.1, -0.05) is 0 Å². The molecule has 6 heteroatoms.